The molecule has 1 rings (SSSR count). The van der Waals surface area contributed by atoms with Crippen molar-refractivity contribution >= 4 is 23.4 Å². The Morgan fingerprint density at radius 1 is 0.467 bits per heavy atom. The second-order valence-electron chi connectivity index (χ2n) is 13.2. The summed E-state index contributed by atoms with van der Waals surface area (Å²) in [6, 6.07) is 3.31. The van der Waals surface area contributed by atoms with E-state index in [4.69, 9.17) is 11.6 Å². The van der Waals surface area contributed by atoms with E-state index >= 15 is 0 Å². The first kappa shape index (κ1) is 41.4. The van der Waals surface area contributed by atoms with E-state index in [2.05, 4.69) is 32.7 Å². The van der Waals surface area contributed by atoms with Crippen molar-refractivity contribution in [3.8, 4) is 0 Å². The Kier molecular flexibility index (Phi) is 26.3. The Morgan fingerprint density at radius 2 is 0.711 bits per heavy atom. The smallest absolute Gasteiger partial charge is 0.272 e. The number of amides is 2. The fraction of sp³-hybridized carbons (Fsp3) is 0.821. The molecule has 0 saturated heterocycles. The number of aromatic nitrogens is 1. The van der Waals surface area contributed by atoms with Crippen LogP contribution in [0.3, 0.4) is 0 Å². The number of halogens is 1. The summed E-state index contributed by atoms with van der Waals surface area (Å²) in [4.78, 5) is 36.3. The van der Waals surface area contributed by atoms with Crippen molar-refractivity contribution in [2.45, 2.75) is 182 Å². The predicted octanol–water partition coefficient (Wildman–Crippen LogP) is 12.1. The number of hydrogen-bond acceptors (Lipinski definition) is 3. The minimum atomic E-state index is -0.0907. The molecule has 260 valence electrons. The third-order valence-corrected chi connectivity index (χ3v) is 9.15. The lowest BCUT2D eigenvalue weighted by Crippen LogP contribution is -2.36. The van der Waals surface area contributed by atoms with Crippen molar-refractivity contribution in [2.24, 2.45) is 0 Å². The molecule has 0 radical (unpaired) electrons. The van der Waals surface area contributed by atoms with E-state index in [9.17, 15) is 9.59 Å². The highest BCUT2D eigenvalue weighted by Crippen LogP contribution is 2.18. The SMILES string of the molecule is CCCCCCCCN(CCCCCCCC)C(=O)c1cc(Cl)cc(C(=O)N(CCCCCCCC)CCCCCCCC)n1. The van der Waals surface area contributed by atoms with E-state index < -0.39 is 0 Å². The summed E-state index contributed by atoms with van der Waals surface area (Å²) < 4.78 is 0. The van der Waals surface area contributed by atoms with Crippen LogP contribution in [-0.4, -0.2) is 52.8 Å². The van der Waals surface area contributed by atoms with Crippen molar-refractivity contribution in [1.82, 2.24) is 14.8 Å². The Balaban J connectivity index is 2.98. The van der Waals surface area contributed by atoms with Gasteiger partial charge in [-0.15, -0.1) is 0 Å². The van der Waals surface area contributed by atoms with Gasteiger partial charge in [-0.05, 0) is 37.8 Å². The number of pyridine rings is 1. The molecule has 0 N–H and O–H groups in total. The standard InChI is InChI=1S/C39H70ClN3O2/c1-5-9-13-17-21-25-29-42(30-26-22-18-14-10-6-2)38(44)36-33-35(40)34-37(41-36)39(45)43(31-27-23-19-15-11-7-3)32-28-24-20-16-12-8-4/h33-34H,5-32H2,1-4H3. The van der Waals surface area contributed by atoms with E-state index in [-0.39, 0.29) is 11.8 Å². The zero-order chi connectivity index (χ0) is 33.0. The van der Waals surface area contributed by atoms with Crippen LogP contribution in [0.15, 0.2) is 12.1 Å². The van der Waals surface area contributed by atoms with Crippen LogP contribution in [0.4, 0.5) is 0 Å². The third-order valence-electron chi connectivity index (χ3n) is 8.93. The van der Waals surface area contributed by atoms with Crippen LogP contribution in [-0.2, 0) is 0 Å². The van der Waals surface area contributed by atoms with Gasteiger partial charge in [-0.1, -0.05) is 168 Å². The van der Waals surface area contributed by atoms with Gasteiger partial charge in [-0.2, -0.15) is 0 Å². The van der Waals surface area contributed by atoms with Crippen LogP contribution >= 0.6 is 11.6 Å². The molecule has 0 fully saturated rings. The van der Waals surface area contributed by atoms with Gasteiger partial charge in [0.05, 0.1) is 0 Å². The lowest BCUT2D eigenvalue weighted by Gasteiger charge is -2.24. The van der Waals surface area contributed by atoms with Crippen molar-refractivity contribution in [1.29, 1.82) is 0 Å². The maximum absolute atomic E-state index is 13.8. The Morgan fingerprint density at radius 3 is 0.978 bits per heavy atom. The number of carbonyl (C=O) groups is 2. The Hall–Kier alpha value is -1.62. The van der Waals surface area contributed by atoms with Crippen molar-refractivity contribution in [3.05, 3.63) is 28.5 Å². The highest BCUT2D eigenvalue weighted by Gasteiger charge is 2.22. The zero-order valence-corrected chi connectivity index (χ0v) is 30.7. The molecular weight excluding hydrogens is 578 g/mol. The van der Waals surface area contributed by atoms with E-state index in [1.807, 2.05) is 9.80 Å². The average molecular weight is 648 g/mol. The van der Waals surface area contributed by atoms with Gasteiger partial charge in [0.25, 0.3) is 11.8 Å². The molecule has 6 heteroatoms. The van der Waals surface area contributed by atoms with E-state index in [1.54, 1.807) is 12.1 Å². The number of hydrogen-bond donors (Lipinski definition) is 0. The highest BCUT2D eigenvalue weighted by molar-refractivity contribution is 6.31. The largest absolute Gasteiger partial charge is 0.337 e. The molecule has 0 unspecified atom stereocenters. The molecule has 0 aliphatic rings. The minimum absolute atomic E-state index is 0.0907. The second kappa shape index (κ2) is 28.6. The van der Waals surface area contributed by atoms with Crippen molar-refractivity contribution < 1.29 is 9.59 Å². The Bertz CT molecular complexity index is 780. The first-order valence-corrected chi connectivity index (χ1v) is 19.6. The number of rotatable bonds is 30. The third kappa shape index (κ3) is 20.3. The number of carbonyl (C=O) groups excluding carboxylic acids is 2. The van der Waals surface area contributed by atoms with Gasteiger partial charge in [0.15, 0.2) is 0 Å². The summed E-state index contributed by atoms with van der Waals surface area (Å²) >= 11 is 6.57. The van der Waals surface area contributed by atoms with Gasteiger partial charge in [0.1, 0.15) is 11.4 Å². The molecule has 0 bridgehead atoms. The lowest BCUT2D eigenvalue weighted by molar-refractivity contribution is 0.0735. The predicted molar refractivity (Wildman–Crippen MR) is 195 cm³/mol. The number of nitrogens with zero attached hydrogens (tertiary/aromatic N) is 3. The molecule has 1 aromatic rings. The molecule has 5 nitrogen and oxygen atoms in total. The summed E-state index contributed by atoms with van der Waals surface area (Å²) in [5, 5.41) is 0.412. The molecule has 0 spiro atoms. The molecule has 0 atom stereocenters. The summed E-state index contributed by atoms with van der Waals surface area (Å²) in [5.74, 6) is -0.181. The molecule has 1 aromatic heterocycles. The highest BCUT2D eigenvalue weighted by atomic mass is 35.5. The molecule has 0 aromatic carbocycles. The van der Waals surface area contributed by atoms with Crippen LogP contribution in [0.5, 0.6) is 0 Å². The van der Waals surface area contributed by atoms with Crippen LogP contribution in [0.2, 0.25) is 5.02 Å². The molecule has 2 amide bonds. The molecule has 0 aliphatic heterocycles. The topological polar surface area (TPSA) is 53.5 Å². The maximum Gasteiger partial charge on any atom is 0.272 e. The van der Waals surface area contributed by atoms with Crippen LogP contribution < -0.4 is 0 Å². The van der Waals surface area contributed by atoms with Gasteiger partial charge < -0.3 is 9.80 Å². The van der Waals surface area contributed by atoms with E-state index in [1.165, 1.54) is 103 Å². The van der Waals surface area contributed by atoms with E-state index in [0.29, 0.717) is 16.4 Å². The normalized spacial score (nSPS) is 11.2. The van der Waals surface area contributed by atoms with Gasteiger partial charge in [-0.25, -0.2) is 4.98 Å². The number of unbranched alkanes of at least 4 members (excludes halogenated alkanes) is 20. The second-order valence-corrected chi connectivity index (χ2v) is 13.6. The van der Waals surface area contributed by atoms with Crippen LogP contribution in [0, 0.1) is 0 Å². The summed E-state index contributed by atoms with van der Waals surface area (Å²) in [5.41, 5.74) is 0.615. The van der Waals surface area contributed by atoms with Crippen LogP contribution in [0.1, 0.15) is 203 Å². The van der Waals surface area contributed by atoms with Gasteiger partial charge in [-0.3, -0.25) is 9.59 Å². The summed E-state index contributed by atoms with van der Waals surface area (Å²) in [6.07, 6.45) is 28.5. The van der Waals surface area contributed by atoms with Crippen molar-refractivity contribution in [2.75, 3.05) is 26.2 Å². The summed E-state index contributed by atoms with van der Waals surface area (Å²) in [7, 11) is 0. The molecule has 0 aliphatic carbocycles. The quantitative estimate of drug-likeness (QED) is 0.0780. The zero-order valence-electron chi connectivity index (χ0n) is 30.0. The molecule has 1 heterocycles. The minimum Gasteiger partial charge on any atom is -0.337 e. The van der Waals surface area contributed by atoms with Crippen molar-refractivity contribution in [3.63, 3.8) is 0 Å². The van der Waals surface area contributed by atoms with Gasteiger partial charge >= 0.3 is 0 Å². The van der Waals surface area contributed by atoms with Gasteiger partial charge in [0, 0.05) is 31.2 Å². The maximum atomic E-state index is 13.8. The molecule has 45 heavy (non-hydrogen) atoms. The summed E-state index contributed by atoms with van der Waals surface area (Å²) in [6.45, 7) is 11.9. The van der Waals surface area contributed by atoms with Crippen LogP contribution in [0.25, 0.3) is 0 Å². The first-order valence-electron chi connectivity index (χ1n) is 19.2. The lowest BCUT2D eigenvalue weighted by atomic mass is 10.1. The molecule has 0 saturated carbocycles. The Labute approximate surface area is 283 Å². The molecular formula is C39H70ClN3O2. The first-order chi connectivity index (χ1) is 22.0. The monoisotopic (exact) mass is 648 g/mol. The van der Waals surface area contributed by atoms with E-state index in [0.717, 1.165) is 77.5 Å². The fourth-order valence-corrected chi connectivity index (χ4v) is 6.21. The van der Waals surface area contributed by atoms with Gasteiger partial charge in [0.2, 0.25) is 0 Å². The fourth-order valence-electron chi connectivity index (χ4n) is 6.00. The average Bonchev–Trinajstić information content (AvgIpc) is 3.04.